The Kier molecular flexibility index (Phi) is 6.01. The molecule has 2 N–H and O–H groups in total. The molecule has 6 rings (SSSR count). The van der Waals surface area contributed by atoms with E-state index in [0.717, 1.165) is 21.5 Å². The summed E-state index contributed by atoms with van der Waals surface area (Å²) in [6, 6.07) is 25.3. The van der Waals surface area contributed by atoms with Crippen molar-refractivity contribution in [3.8, 4) is 5.75 Å². The maximum atomic E-state index is 13.4. The molecule has 0 saturated carbocycles. The monoisotopic (exact) mass is 521 g/mol. The lowest BCUT2D eigenvalue weighted by Gasteiger charge is -2.21. The molecule has 1 amide bonds. The molecule has 8 heteroatoms. The molecule has 38 heavy (non-hydrogen) atoms. The number of aliphatic hydroxyl groups is 1. The second kappa shape index (κ2) is 9.64. The highest BCUT2D eigenvalue weighted by Crippen LogP contribution is 2.43. The number of H-pyrrole nitrogens is 1. The first kappa shape index (κ1) is 23.7. The van der Waals surface area contributed by atoms with Crippen molar-refractivity contribution in [2.75, 3.05) is 4.90 Å². The van der Waals surface area contributed by atoms with Gasteiger partial charge in [-0.2, -0.15) is 0 Å². The minimum atomic E-state index is -0.815. The van der Waals surface area contributed by atoms with Gasteiger partial charge in [-0.1, -0.05) is 48.5 Å². The highest BCUT2D eigenvalue weighted by molar-refractivity contribution is 7.10. The predicted octanol–water partition coefficient (Wildman–Crippen LogP) is 6.14. The van der Waals surface area contributed by atoms with Crippen molar-refractivity contribution in [1.29, 1.82) is 0 Å². The third kappa shape index (κ3) is 4.14. The molecule has 3 aromatic carbocycles. The van der Waals surface area contributed by atoms with E-state index in [1.54, 1.807) is 18.2 Å². The fourth-order valence-electron chi connectivity index (χ4n) is 4.67. The van der Waals surface area contributed by atoms with Gasteiger partial charge in [0.25, 0.3) is 5.78 Å². The van der Waals surface area contributed by atoms with Gasteiger partial charge in [-0.15, -0.1) is 11.3 Å². The fourth-order valence-corrected chi connectivity index (χ4v) is 5.49. The minimum absolute atomic E-state index is 0.0234. The third-order valence-electron chi connectivity index (χ3n) is 6.55. The standard InChI is InChI=1S/C30H23N3O4S/c1-18-16-20(13-14-23(18)37-17-19-8-3-2-4-9-19)27(34)25-26(24-12-7-15-38-24)33(29(36)28(25)35)30-31-21-10-5-6-11-22(21)32-30/h2-16,26,34H,17H2,1H3,(H,31,32)/b27-25+. The first-order valence-electron chi connectivity index (χ1n) is 12.1. The number of carbonyl (C=O) groups is 2. The fraction of sp³-hybridized carbons (Fsp3) is 0.100. The van der Waals surface area contributed by atoms with Crippen molar-refractivity contribution in [2.24, 2.45) is 0 Å². The molecule has 1 fully saturated rings. The number of nitrogens with one attached hydrogen (secondary N) is 1. The summed E-state index contributed by atoms with van der Waals surface area (Å²) in [5.74, 6) is -0.820. The van der Waals surface area contributed by atoms with Crippen LogP contribution in [0.3, 0.4) is 0 Å². The molecule has 1 unspecified atom stereocenters. The van der Waals surface area contributed by atoms with Crippen LogP contribution in [0.5, 0.6) is 5.75 Å². The number of ketones is 1. The van der Waals surface area contributed by atoms with Gasteiger partial charge in [0, 0.05) is 10.4 Å². The molecule has 5 aromatic rings. The number of imidazole rings is 1. The van der Waals surface area contributed by atoms with Crippen LogP contribution in [0.2, 0.25) is 0 Å². The van der Waals surface area contributed by atoms with Crippen molar-refractivity contribution >= 4 is 45.8 Å². The number of ether oxygens (including phenoxy) is 1. The molecule has 0 aliphatic carbocycles. The van der Waals surface area contributed by atoms with E-state index < -0.39 is 17.7 Å². The van der Waals surface area contributed by atoms with Crippen LogP contribution in [-0.2, 0) is 16.2 Å². The zero-order valence-electron chi connectivity index (χ0n) is 20.4. The van der Waals surface area contributed by atoms with Gasteiger partial charge < -0.3 is 14.8 Å². The Bertz CT molecular complexity index is 1660. The zero-order chi connectivity index (χ0) is 26.2. The van der Waals surface area contributed by atoms with Crippen LogP contribution < -0.4 is 9.64 Å². The number of Topliss-reactive ketones (excluding diaryl/α,β-unsaturated/α-hetero) is 1. The van der Waals surface area contributed by atoms with E-state index in [0.29, 0.717) is 23.4 Å². The van der Waals surface area contributed by atoms with Crippen molar-refractivity contribution < 1.29 is 19.4 Å². The molecule has 0 spiro atoms. The molecule has 1 aliphatic rings. The topological polar surface area (TPSA) is 95.5 Å². The highest BCUT2D eigenvalue weighted by Gasteiger charge is 2.48. The summed E-state index contributed by atoms with van der Waals surface area (Å²) in [5, 5.41) is 13.3. The van der Waals surface area contributed by atoms with E-state index in [9.17, 15) is 14.7 Å². The SMILES string of the molecule is Cc1cc(/C(O)=C2\C(=O)C(=O)N(c3nc4ccccc4[nH]3)C2c2cccs2)ccc1OCc1ccccc1. The Labute approximate surface area is 222 Å². The first-order chi connectivity index (χ1) is 18.5. The van der Waals surface area contributed by atoms with Gasteiger partial charge in [0.05, 0.1) is 16.6 Å². The third-order valence-corrected chi connectivity index (χ3v) is 7.47. The van der Waals surface area contributed by atoms with Crippen LogP contribution in [-0.4, -0.2) is 26.8 Å². The van der Waals surface area contributed by atoms with Crippen LogP contribution in [0, 0.1) is 6.92 Å². The average Bonchev–Trinajstić information content (AvgIpc) is 3.67. The zero-order valence-corrected chi connectivity index (χ0v) is 21.2. The number of aryl methyl sites for hydroxylation is 1. The number of aliphatic hydroxyl groups excluding tert-OH is 1. The lowest BCUT2D eigenvalue weighted by atomic mass is 9.99. The van der Waals surface area contributed by atoms with E-state index in [2.05, 4.69) is 9.97 Å². The summed E-state index contributed by atoms with van der Waals surface area (Å²) < 4.78 is 5.97. The molecule has 3 heterocycles. The van der Waals surface area contributed by atoms with Crippen LogP contribution in [0.4, 0.5) is 5.95 Å². The number of nitrogens with zero attached hydrogens (tertiary/aromatic N) is 2. The van der Waals surface area contributed by atoms with Crippen LogP contribution >= 0.6 is 11.3 Å². The van der Waals surface area contributed by atoms with E-state index in [1.165, 1.54) is 16.2 Å². The number of thiophene rings is 1. The maximum Gasteiger partial charge on any atom is 0.302 e. The molecule has 7 nitrogen and oxygen atoms in total. The van der Waals surface area contributed by atoms with Crippen LogP contribution in [0.1, 0.15) is 27.6 Å². The second-order valence-corrected chi connectivity index (χ2v) is 10.00. The number of carbonyl (C=O) groups excluding carboxylic acids is 2. The molecule has 1 atom stereocenters. The quantitative estimate of drug-likeness (QED) is 0.159. The Hall–Kier alpha value is -4.69. The van der Waals surface area contributed by atoms with E-state index in [4.69, 9.17) is 4.74 Å². The average molecular weight is 522 g/mol. The normalized spacial score (nSPS) is 16.9. The molecule has 0 radical (unpaired) electrons. The predicted molar refractivity (Wildman–Crippen MR) is 147 cm³/mol. The van der Waals surface area contributed by atoms with Crippen LogP contribution in [0.15, 0.2) is 95.9 Å². The lowest BCUT2D eigenvalue weighted by Crippen LogP contribution is -2.30. The van der Waals surface area contributed by atoms with Crippen LogP contribution in [0.25, 0.3) is 16.8 Å². The smallest absolute Gasteiger partial charge is 0.302 e. The van der Waals surface area contributed by atoms with Gasteiger partial charge in [-0.25, -0.2) is 4.98 Å². The summed E-state index contributed by atoms with van der Waals surface area (Å²) in [6.07, 6.45) is 0. The summed E-state index contributed by atoms with van der Waals surface area (Å²) in [6.45, 7) is 2.29. The molecule has 1 saturated heterocycles. The molecule has 0 bridgehead atoms. The lowest BCUT2D eigenvalue weighted by molar-refractivity contribution is -0.132. The Morgan fingerprint density at radius 3 is 2.55 bits per heavy atom. The Morgan fingerprint density at radius 1 is 1.03 bits per heavy atom. The molecule has 1 aliphatic heterocycles. The number of rotatable bonds is 6. The molecular weight excluding hydrogens is 498 g/mol. The van der Waals surface area contributed by atoms with Gasteiger partial charge >= 0.3 is 5.91 Å². The number of anilines is 1. The molecule has 188 valence electrons. The van der Waals surface area contributed by atoms with E-state index in [-0.39, 0.29) is 17.3 Å². The summed E-state index contributed by atoms with van der Waals surface area (Å²) in [5.41, 5.74) is 3.71. The van der Waals surface area contributed by atoms with Crippen molar-refractivity contribution in [3.05, 3.63) is 117 Å². The number of aromatic amines is 1. The summed E-state index contributed by atoms with van der Waals surface area (Å²) in [4.78, 5) is 36.5. The van der Waals surface area contributed by atoms with E-state index >= 15 is 0 Å². The van der Waals surface area contributed by atoms with Gasteiger partial charge in [0.15, 0.2) is 0 Å². The second-order valence-electron chi connectivity index (χ2n) is 9.02. The number of benzene rings is 3. The Balaban J connectivity index is 1.39. The summed E-state index contributed by atoms with van der Waals surface area (Å²) >= 11 is 1.40. The van der Waals surface area contributed by atoms with Crippen molar-refractivity contribution in [1.82, 2.24) is 9.97 Å². The Morgan fingerprint density at radius 2 is 1.82 bits per heavy atom. The number of para-hydroxylation sites is 2. The van der Waals surface area contributed by atoms with E-state index in [1.807, 2.05) is 79.0 Å². The number of aromatic nitrogens is 2. The van der Waals surface area contributed by atoms with Crippen molar-refractivity contribution in [3.63, 3.8) is 0 Å². The number of fused-ring (bicyclic) bond motifs is 1. The number of hydrogen-bond acceptors (Lipinski definition) is 6. The molecular formula is C30H23N3O4S. The minimum Gasteiger partial charge on any atom is -0.507 e. The van der Waals surface area contributed by atoms with Gasteiger partial charge in [0.1, 0.15) is 24.2 Å². The number of hydrogen-bond donors (Lipinski definition) is 2. The van der Waals surface area contributed by atoms with Gasteiger partial charge in [0.2, 0.25) is 5.95 Å². The van der Waals surface area contributed by atoms with Gasteiger partial charge in [-0.3, -0.25) is 14.5 Å². The first-order valence-corrected chi connectivity index (χ1v) is 13.0. The summed E-state index contributed by atoms with van der Waals surface area (Å²) in [7, 11) is 0. The largest absolute Gasteiger partial charge is 0.507 e. The molecule has 2 aromatic heterocycles. The maximum absolute atomic E-state index is 13.4. The number of amides is 1. The van der Waals surface area contributed by atoms with Crippen molar-refractivity contribution in [2.45, 2.75) is 19.6 Å². The highest BCUT2D eigenvalue weighted by atomic mass is 32.1. The van der Waals surface area contributed by atoms with Gasteiger partial charge in [-0.05, 0) is 59.8 Å².